The van der Waals surface area contributed by atoms with Crippen LogP contribution in [-0.2, 0) is 11.2 Å². The molecule has 0 aliphatic carbocycles. The molecule has 0 atom stereocenters. The summed E-state index contributed by atoms with van der Waals surface area (Å²) in [5.74, 6) is 0.624. The van der Waals surface area contributed by atoms with Gasteiger partial charge in [-0.25, -0.2) is 0 Å². The summed E-state index contributed by atoms with van der Waals surface area (Å²) in [6, 6.07) is 13.9. The van der Waals surface area contributed by atoms with Crippen molar-refractivity contribution in [3.8, 4) is 5.75 Å². The fourth-order valence-electron chi connectivity index (χ4n) is 2.59. The summed E-state index contributed by atoms with van der Waals surface area (Å²) >= 11 is 0. The normalized spacial score (nSPS) is 10.5. The maximum atomic E-state index is 12.0. The average Bonchev–Trinajstić information content (AvgIpc) is 2.56. The van der Waals surface area contributed by atoms with Crippen molar-refractivity contribution in [2.24, 2.45) is 0 Å². The van der Waals surface area contributed by atoms with Crippen molar-refractivity contribution in [2.75, 3.05) is 11.9 Å². The van der Waals surface area contributed by atoms with Crippen LogP contribution in [0.2, 0.25) is 0 Å². The molecule has 2 aromatic carbocycles. The number of amides is 1. The number of aryl methyl sites for hydroxylation is 3. The minimum Gasteiger partial charge on any atom is -0.483 e. The van der Waals surface area contributed by atoms with Gasteiger partial charge in [-0.05, 0) is 56.0 Å². The zero-order chi connectivity index (χ0) is 17.4. The topological polar surface area (TPSA) is 38.3 Å². The quantitative estimate of drug-likeness (QED) is 0.689. The number of ether oxygens (including phenoxy) is 1. The highest BCUT2D eigenvalue weighted by Crippen LogP contribution is 2.20. The van der Waals surface area contributed by atoms with Gasteiger partial charge in [0.25, 0.3) is 5.91 Å². The minimum absolute atomic E-state index is 0.0178. The van der Waals surface area contributed by atoms with E-state index < -0.39 is 0 Å². The van der Waals surface area contributed by atoms with Crippen LogP contribution in [0.4, 0.5) is 5.69 Å². The monoisotopic (exact) mass is 325 g/mol. The predicted molar refractivity (Wildman–Crippen MR) is 99.7 cm³/mol. The molecule has 0 radical (unpaired) electrons. The molecule has 0 fully saturated rings. The van der Waals surface area contributed by atoms with Gasteiger partial charge in [-0.1, -0.05) is 49.6 Å². The number of hydrogen-bond donors (Lipinski definition) is 1. The van der Waals surface area contributed by atoms with Crippen LogP contribution in [0.1, 0.15) is 42.9 Å². The van der Waals surface area contributed by atoms with E-state index in [2.05, 4.69) is 24.4 Å². The number of unbranched alkanes of at least 4 members (excludes halogenated alkanes) is 2. The van der Waals surface area contributed by atoms with Crippen LogP contribution in [0.15, 0.2) is 42.5 Å². The minimum atomic E-state index is -0.148. The molecule has 3 heteroatoms. The van der Waals surface area contributed by atoms with Crippen LogP contribution in [0.3, 0.4) is 0 Å². The van der Waals surface area contributed by atoms with Crippen LogP contribution in [0.25, 0.3) is 0 Å². The maximum absolute atomic E-state index is 12.0. The Bertz CT molecular complexity index is 662. The molecule has 0 saturated heterocycles. The lowest BCUT2D eigenvalue weighted by atomic mass is 10.0. The van der Waals surface area contributed by atoms with E-state index in [4.69, 9.17) is 4.74 Å². The second kappa shape index (κ2) is 9.11. The Morgan fingerprint density at radius 1 is 1.04 bits per heavy atom. The molecule has 2 rings (SSSR count). The average molecular weight is 325 g/mol. The first-order chi connectivity index (χ1) is 11.6. The van der Waals surface area contributed by atoms with Crippen molar-refractivity contribution in [3.05, 3.63) is 59.2 Å². The SMILES string of the molecule is CCCCCc1ccc(OCC(=O)Nc2ccc(C)cc2)c(C)c1. The third kappa shape index (κ3) is 5.73. The van der Waals surface area contributed by atoms with Crippen molar-refractivity contribution >= 4 is 11.6 Å². The molecule has 0 aliphatic rings. The zero-order valence-electron chi connectivity index (χ0n) is 14.9. The summed E-state index contributed by atoms with van der Waals surface area (Å²) in [6.07, 6.45) is 4.81. The number of carbonyl (C=O) groups excluding carboxylic acids is 1. The van der Waals surface area contributed by atoms with Crippen molar-refractivity contribution in [1.29, 1.82) is 0 Å². The molecule has 0 spiro atoms. The van der Waals surface area contributed by atoms with E-state index in [0.717, 1.165) is 23.4 Å². The Hall–Kier alpha value is -2.29. The molecule has 1 N–H and O–H groups in total. The largest absolute Gasteiger partial charge is 0.483 e. The highest BCUT2D eigenvalue weighted by atomic mass is 16.5. The molecular formula is C21H27NO2. The van der Waals surface area contributed by atoms with Gasteiger partial charge in [-0.2, -0.15) is 0 Å². The van der Waals surface area contributed by atoms with Crippen LogP contribution in [0.5, 0.6) is 5.75 Å². The molecule has 2 aromatic rings. The van der Waals surface area contributed by atoms with Crippen molar-refractivity contribution in [2.45, 2.75) is 46.5 Å². The highest BCUT2D eigenvalue weighted by Gasteiger charge is 2.06. The van der Waals surface area contributed by atoms with Crippen LogP contribution in [-0.4, -0.2) is 12.5 Å². The van der Waals surface area contributed by atoms with Gasteiger partial charge in [0.2, 0.25) is 0 Å². The molecule has 0 unspecified atom stereocenters. The molecule has 0 bridgehead atoms. The molecule has 128 valence electrons. The van der Waals surface area contributed by atoms with Gasteiger partial charge in [0, 0.05) is 5.69 Å². The molecule has 1 amide bonds. The van der Waals surface area contributed by atoms with Crippen molar-refractivity contribution in [3.63, 3.8) is 0 Å². The highest BCUT2D eigenvalue weighted by molar-refractivity contribution is 5.91. The van der Waals surface area contributed by atoms with Gasteiger partial charge in [-0.3, -0.25) is 4.79 Å². The van der Waals surface area contributed by atoms with E-state index in [1.165, 1.54) is 30.4 Å². The summed E-state index contributed by atoms with van der Waals surface area (Å²) in [6.45, 7) is 6.27. The molecular weight excluding hydrogens is 298 g/mol. The van der Waals surface area contributed by atoms with E-state index in [9.17, 15) is 4.79 Å². The Labute approximate surface area is 145 Å². The first-order valence-electron chi connectivity index (χ1n) is 8.67. The van der Waals surface area contributed by atoms with E-state index in [1.54, 1.807) is 0 Å². The fourth-order valence-corrected chi connectivity index (χ4v) is 2.59. The molecule has 24 heavy (non-hydrogen) atoms. The molecule has 0 heterocycles. The van der Waals surface area contributed by atoms with Gasteiger partial charge in [0.05, 0.1) is 0 Å². The first kappa shape index (κ1) is 18.1. The van der Waals surface area contributed by atoms with Crippen LogP contribution < -0.4 is 10.1 Å². The summed E-state index contributed by atoms with van der Waals surface area (Å²) in [7, 11) is 0. The second-order valence-electron chi connectivity index (χ2n) is 6.26. The summed E-state index contributed by atoms with van der Waals surface area (Å²) < 4.78 is 5.66. The van der Waals surface area contributed by atoms with E-state index in [0.29, 0.717) is 0 Å². The van der Waals surface area contributed by atoms with Crippen molar-refractivity contribution in [1.82, 2.24) is 0 Å². The Balaban J connectivity index is 1.84. The first-order valence-corrected chi connectivity index (χ1v) is 8.67. The number of anilines is 1. The van der Waals surface area contributed by atoms with E-state index in [-0.39, 0.29) is 12.5 Å². The number of benzene rings is 2. The van der Waals surface area contributed by atoms with E-state index in [1.807, 2.05) is 44.2 Å². The smallest absolute Gasteiger partial charge is 0.262 e. The standard InChI is InChI=1S/C21H27NO2/c1-4-5-6-7-18-10-13-20(17(3)14-18)24-15-21(23)22-19-11-8-16(2)9-12-19/h8-14H,4-7,15H2,1-3H3,(H,22,23). The van der Waals surface area contributed by atoms with E-state index >= 15 is 0 Å². The number of nitrogens with one attached hydrogen (secondary N) is 1. The Morgan fingerprint density at radius 2 is 1.79 bits per heavy atom. The Kier molecular flexibility index (Phi) is 6.86. The number of carbonyl (C=O) groups is 1. The summed E-state index contributed by atoms with van der Waals surface area (Å²) in [4.78, 5) is 12.0. The fraction of sp³-hybridized carbons (Fsp3) is 0.381. The molecule has 0 aromatic heterocycles. The molecule has 0 saturated carbocycles. The maximum Gasteiger partial charge on any atom is 0.262 e. The molecule has 0 aliphatic heterocycles. The lowest BCUT2D eigenvalue weighted by molar-refractivity contribution is -0.118. The third-order valence-electron chi connectivity index (χ3n) is 4.00. The number of rotatable bonds is 8. The lowest BCUT2D eigenvalue weighted by Crippen LogP contribution is -2.20. The van der Waals surface area contributed by atoms with Crippen molar-refractivity contribution < 1.29 is 9.53 Å². The van der Waals surface area contributed by atoms with Gasteiger partial charge in [0.15, 0.2) is 6.61 Å². The van der Waals surface area contributed by atoms with Gasteiger partial charge in [-0.15, -0.1) is 0 Å². The molecule has 3 nitrogen and oxygen atoms in total. The predicted octanol–water partition coefficient (Wildman–Crippen LogP) is 5.05. The summed E-state index contributed by atoms with van der Waals surface area (Å²) in [5, 5.41) is 2.84. The van der Waals surface area contributed by atoms with Gasteiger partial charge in [0.1, 0.15) is 5.75 Å². The third-order valence-corrected chi connectivity index (χ3v) is 4.00. The Morgan fingerprint density at radius 3 is 2.46 bits per heavy atom. The zero-order valence-corrected chi connectivity index (χ0v) is 14.9. The van der Waals surface area contributed by atoms with Crippen LogP contribution >= 0.6 is 0 Å². The van der Waals surface area contributed by atoms with Gasteiger partial charge >= 0.3 is 0 Å². The van der Waals surface area contributed by atoms with Gasteiger partial charge < -0.3 is 10.1 Å². The summed E-state index contributed by atoms with van der Waals surface area (Å²) in [5.41, 5.74) is 4.36. The number of hydrogen-bond acceptors (Lipinski definition) is 2. The lowest BCUT2D eigenvalue weighted by Gasteiger charge is -2.11. The van der Waals surface area contributed by atoms with Crippen LogP contribution in [0, 0.1) is 13.8 Å². The second-order valence-corrected chi connectivity index (χ2v) is 6.26.